The van der Waals surface area contributed by atoms with E-state index in [9.17, 15) is 0 Å². The van der Waals surface area contributed by atoms with Crippen molar-refractivity contribution in [2.45, 2.75) is 44.4 Å². The summed E-state index contributed by atoms with van der Waals surface area (Å²) in [5.74, 6) is 2.37. The molecule has 0 radical (unpaired) electrons. The van der Waals surface area contributed by atoms with Crippen LogP contribution in [0.15, 0.2) is 0 Å². The molecule has 2 nitrogen and oxygen atoms in total. The predicted molar refractivity (Wildman–Crippen MR) is 57.1 cm³/mol. The van der Waals surface area contributed by atoms with Gasteiger partial charge in [0.15, 0.2) is 0 Å². The van der Waals surface area contributed by atoms with E-state index in [1.807, 2.05) is 11.8 Å². The highest BCUT2D eigenvalue weighted by atomic mass is 32.2. The fourth-order valence-corrected chi connectivity index (χ4v) is 3.39. The summed E-state index contributed by atoms with van der Waals surface area (Å²) in [6.07, 6.45) is 3.52. The molecule has 13 heavy (non-hydrogen) atoms. The van der Waals surface area contributed by atoms with E-state index in [1.165, 1.54) is 18.6 Å². The Morgan fingerprint density at radius 3 is 2.92 bits per heavy atom. The molecule has 0 aromatic heterocycles. The maximum absolute atomic E-state index is 5.89. The lowest BCUT2D eigenvalue weighted by atomic mass is 9.91. The van der Waals surface area contributed by atoms with Gasteiger partial charge >= 0.3 is 0 Å². The van der Waals surface area contributed by atoms with Crippen molar-refractivity contribution in [3.05, 3.63) is 0 Å². The molecule has 2 heterocycles. The second kappa shape index (κ2) is 3.44. The summed E-state index contributed by atoms with van der Waals surface area (Å²) in [6.45, 7) is 5.51. The van der Waals surface area contributed by atoms with Gasteiger partial charge in [0.25, 0.3) is 0 Å². The number of nitrogens with one attached hydrogen (secondary N) is 1. The molecule has 2 rings (SSSR count). The average Bonchev–Trinajstić information content (AvgIpc) is 2.53. The van der Waals surface area contributed by atoms with Gasteiger partial charge in [-0.3, -0.25) is 5.32 Å². The Morgan fingerprint density at radius 1 is 1.46 bits per heavy atom. The first-order valence-corrected chi connectivity index (χ1v) is 6.35. The quantitative estimate of drug-likeness (QED) is 0.701. The summed E-state index contributed by atoms with van der Waals surface area (Å²) in [4.78, 5) is 0. The zero-order valence-corrected chi connectivity index (χ0v) is 9.38. The van der Waals surface area contributed by atoms with Crippen molar-refractivity contribution in [2.75, 3.05) is 18.1 Å². The molecule has 0 aliphatic carbocycles. The van der Waals surface area contributed by atoms with Gasteiger partial charge in [0.2, 0.25) is 0 Å². The van der Waals surface area contributed by atoms with Gasteiger partial charge in [0.05, 0.1) is 6.61 Å². The monoisotopic (exact) mass is 201 g/mol. The average molecular weight is 201 g/mol. The van der Waals surface area contributed by atoms with Gasteiger partial charge in [0.1, 0.15) is 5.72 Å². The minimum atomic E-state index is 0.0215. The molecule has 2 aliphatic heterocycles. The fraction of sp³-hybridized carbons (Fsp3) is 1.00. The van der Waals surface area contributed by atoms with Crippen LogP contribution in [0.25, 0.3) is 0 Å². The second-order valence-electron chi connectivity index (χ2n) is 4.43. The molecule has 1 N–H and O–H groups in total. The summed E-state index contributed by atoms with van der Waals surface area (Å²) in [5, 5.41) is 3.71. The molecule has 0 aromatic carbocycles. The molecule has 2 saturated heterocycles. The first kappa shape index (κ1) is 9.81. The van der Waals surface area contributed by atoms with Crippen molar-refractivity contribution in [2.24, 2.45) is 0 Å². The van der Waals surface area contributed by atoms with Crippen molar-refractivity contribution < 1.29 is 4.74 Å². The second-order valence-corrected chi connectivity index (χ2v) is 5.54. The van der Waals surface area contributed by atoms with Gasteiger partial charge in [-0.2, -0.15) is 11.8 Å². The molecule has 0 saturated carbocycles. The van der Waals surface area contributed by atoms with E-state index in [2.05, 4.69) is 19.2 Å². The fourth-order valence-electron chi connectivity index (χ4n) is 2.14. The van der Waals surface area contributed by atoms with Gasteiger partial charge in [-0.1, -0.05) is 6.92 Å². The summed E-state index contributed by atoms with van der Waals surface area (Å²) >= 11 is 2.00. The standard InChI is InChI=1S/C10H19NOS/c1-3-9(2)4-6-12-10(11-9)5-7-13-8-10/h11H,3-8H2,1-2H3. The first-order chi connectivity index (χ1) is 6.18. The van der Waals surface area contributed by atoms with Crippen molar-refractivity contribution >= 4 is 11.8 Å². The Hall–Kier alpha value is 0.270. The van der Waals surface area contributed by atoms with Gasteiger partial charge in [-0.15, -0.1) is 0 Å². The Kier molecular flexibility index (Phi) is 2.60. The Labute approximate surface area is 84.8 Å². The lowest BCUT2D eigenvalue weighted by Crippen LogP contribution is -2.62. The third-order valence-corrected chi connectivity index (χ3v) is 4.49. The van der Waals surface area contributed by atoms with Crippen LogP contribution < -0.4 is 5.32 Å². The van der Waals surface area contributed by atoms with Crippen molar-refractivity contribution in [1.82, 2.24) is 5.32 Å². The van der Waals surface area contributed by atoms with E-state index in [0.29, 0.717) is 5.54 Å². The molecule has 1 spiro atoms. The molecule has 3 heteroatoms. The van der Waals surface area contributed by atoms with Crippen LogP contribution in [0.3, 0.4) is 0 Å². The van der Waals surface area contributed by atoms with Crippen molar-refractivity contribution in [3.8, 4) is 0 Å². The highest BCUT2D eigenvalue weighted by molar-refractivity contribution is 7.99. The molecule has 2 fully saturated rings. The molecule has 76 valence electrons. The first-order valence-electron chi connectivity index (χ1n) is 5.19. The smallest absolute Gasteiger partial charge is 0.129 e. The van der Waals surface area contributed by atoms with E-state index in [-0.39, 0.29) is 5.72 Å². The van der Waals surface area contributed by atoms with E-state index in [4.69, 9.17) is 4.74 Å². The highest BCUT2D eigenvalue weighted by Crippen LogP contribution is 2.35. The van der Waals surface area contributed by atoms with E-state index in [0.717, 1.165) is 18.8 Å². The van der Waals surface area contributed by atoms with Gasteiger partial charge in [-0.05, 0) is 31.9 Å². The minimum Gasteiger partial charge on any atom is -0.360 e. The van der Waals surface area contributed by atoms with Crippen molar-refractivity contribution in [3.63, 3.8) is 0 Å². The Balaban J connectivity index is 2.06. The molecule has 0 aromatic rings. The highest BCUT2D eigenvalue weighted by Gasteiger charge is 2.43. The topological polar surface area (TPSA) is 21.3 Å². The molecule has 0 amide bonds. The molecular formula is C10H19NOS. The number of ether oxygens (including phenoxy) is 1. The van der Waals surface area contributed by atoms with E-state index >= 15 is 0 Å². The number of hydrogen-bond donors (Lipinski definition) is 1. The summed E-state index contributed by atoms with van der Waals surface area (Å²) in [5.41, 5.74) is 0.330. The summed E-state index contributed by atoms with van der Waals surface area (Å²) in [6, 6.07) is 0. The zero-order chi connectivity index (χ0) is 9.36. The molecule has 0 bridgehead atoms. The minimum absolute atomic E-state index is 0.0215. The van der Waals surface area contributed by atoms with Gasteiger partial charge < -0.3 is 4.74 Å². The maximum Gasteiger partial charge on any atom is 0.129 e. The number of thioether (sulfide) groups is 1. The Bertz CT molecular complexity index is 191. The summed E-state index contributed by atoms with van der Waals surface area (Å²) in [7, 11) is 0. The Morgan fingerprint density at radius 2 is 2.31 bits per heavy atom. The lowest BCUT2D eigenvalue weighted by Gasteiger charge is -2.45. The molecule has 2 atom stereocenters. The normalized spacial score (nSPS) is 45.7. The van der Waals surface area contributed by atoms with Crippen LogP contribution in [0.1, 0.15) is 33.1 Å². The van der Waals surface area contributed by atoms with Crippen LogP contribution in [-0.2, 0) is 4.74 Å². The van der Waals surface area contributed by atoms with Crippen LogP contribution in [-0.4, -0.2) is 29.4 Å². The van der Waals surface area contributed by atoms with E-state index in [1.54, 1.807) is 0 Å². The molecule has 2 unspecified atom stereocenters. The largest absolute Gasteiger partial charge is 0.360 e. The van der Waals surface area contributed by atoms with Gasteiger partial charge in [0, 0.05) is 11.3 Å². The van der Waals surface area contributed by atoms with Crippen LogP contribution in [0.4, 0.5) is 0 Å². The molecular weight excluding hydrogens is 182 g/mol. The molecule has 2 aliphatic rings. The predicted octanol–water partition coefficient (Wildman–Crippen LogP) is 2.00. The third kappa shape index (κ3) is 1.88. The third-order valence-electron chi connectivity index (χ3n) is 3.33. The van der Waals surface area contributed by atoms with E-state index < -0.39 is 0 Å². The zero-order valence-electron chi connectivity index (χ0n) is 8.56. The maximum atomic E-state index is 5.89. The van der Waals surface area contributed by atoms with Crippen LogP contribution in [0.2, 0.25) is 0 Å². The SMILES string of the molecule is CCC1(C)CCOC2(CCSC2)N1. The number of hydrogen-bond acceptors (Lipinski definition) is 3. The van der Waals surface area contributed by atoms with Crippen LogP contribution >= 0.6 is 11.8 Å². The summed E-state index contributed by atoms with van der Waals surface area (Å²) < 4.78 is 5.89. The van der Waals surface area contributed by atoms with Crippen molar-refractivity contribution in [1.29, 1.82) is 0 Å². The van der Waals surface area contributed by atoms with Gasteiger partial charge in [-0.25, -0.2) is 0 Å². The van der Waals surface area contributed by atoms with Crippen LogP contribution in [0, 0.1) is 0 Å². The lowest BCUT2D eigenvalue weighted by molar-refractivity contribution is -0.113. The number of rotatable bonds is 1. The van der Waals surface area contributed by atoms with Crippen LogP contribution in [0.5, 0.6) is 0 Å².